The minimum absolute atomic E-state index is 0.187. The van der Waals surface area contributed by atoms with E-state index in [2.05, 4.69) is 36.1 Å². The number of fused-ring (bicyclic) bond motifs is 3. The van der Waals surface area contributed by atoms with Gasteiger partial charge in [-0.25, -0.2) is 4.98 Å². The van der Waals surface area contributed by atoms with Crippen LogP contribution in [0.3, 0.4) is 0 Å². The van der Waals surface area contributed by atoms with Crippen LogP contribution in [0.2, 0.25) is 0 Å². The summed E-state index contributed by atoms with van der Waals surface area (Å²) in [5.74, 6) is 1.56. The van der Waals surface area contributed by atoms with Gasteiger partial charge in [0.05, 0.1) is 6.54 Å². The number of nitrogens with zero attached hydrogens (tertiary/aromatic N) is 2. The molecule has 1 unspecified atom stereocenters. The summed E-state index contributed by atoms with van der Waals surface area (Å²) < 4.78 is 6.85. The Kier molecular flexibility index (Phi) is 3.87. The summed E-state index contributed by atoms with van der Waals surface area (Å²) in [4.78, 5) is 22.2. The van der Waals surface area contributed by atoms with Crippen LogP contribution in [-0.4, -0.2) is 41.0 Å². The minimum atomic E-state index is -0.187. The number of hydrogen-bond acceptors (Lipinski definition) is 5. The second kappa shape index (κ2) is 5.89. The van der Waals surface area contributed by atoms with Gasteiger partial charge >= 0.3 is 0 Å². The third kappa shape index (κ3) is 2.77. The number of aryl methyl sites for hydroxylation is 1. The van der Waals surface area contributed by atoms with Gasteiger partial charge in [0.15, 0.2) is 0 Å². The number of hydrogen-bond donors (Lipinski definition) is 2. The van der Waals surface area contributed by atoms with Crippen LogP contribution < -0.4 is 10.9 Å². The topological polar surface area (TPSA) is 74.2 Å². The number of nitrogens with one attached hydrogen (secondary N) is 2. The summed E-state index contributed by atoms with van der Waals surface area (Å²) >= 11 is 3.54. The first-order valence-corrected chi connectivity index (χ1v) is 8.73. The molecular weight excluding hydrogens is 360 g/mol. The number of likely N-dealkylation sites (tertiary alicyclic amines) is 1. The SMILES string of the molecule is CNC1CCN(Cc2nc3c4c(oc3c(=O)[nH]2)CCC(Br)=C4)C1. The van der Waals surface area contributed by atoms with E-state index < -0.39 is 0 Å². The Morgan fingerprint density at radius 2 is 2.39 bits per heavy atom. The summed E-state index contributed by atoms with van der Waals surface area (Å²) in [6.07, 6.45) is 4.85. The maximum Gasteiger partial charge on any atom is 0.294 e. The van der Waals surface area contributed by atoms with E-state index in [9.17, 15) is 4.79 Å². The molecule has 23 heavy (non-hydrogen) atoms. The molecule has 0 aromatic carbocycles. The van der Waals surface area contributed by atoms with Crippen LogP contribution in [0, 0.1) is 0 Å². The van der Waals surface area contributed by atoms with Crippen molar-refractivity contribution in [3.05, 3.63) is 32.0 Å². The first kappa shape index (κ1) is 15.1. The van der Waals surface area contributed by atoms with Crippen molar-refractivity contribution < 1.29 is 4.42 Å². The lowest BCUT2D eigenvalue weighted by Gasteiger charge is -2.14. The summed E-state index contributed by atoms with van der Waals surface area (Å²) in [5, 5.41) is 3.30. The fourth-order valence-electron chi connectivity index (χ4n) is 3.39. The van der Waals surface area contributed by atoms with E-state index in [-0.39, 0.29) is 5.56 Å². The smallest absolute Gasteiger partial charge is 0.294 e. The zero-order chi connectivity index (χ0) is 16.0. The highest BCUT2D eigenvalue weighted by Gasteiger charge is 2.24. The van der Waals surface area contributed by atoms with Crippen LogP contribution in [0.15, 0.2) is 13.7 Å². The van der Waals surface area contributed by atoms with Crippen molar-refractivity contribution >= 4 is 33.1 Å². The lowest BCUT2D eigenvalue weighted by Crippen LogP contribution is -2.30. The Balaban J connectivity index is 1.70. The molecule has 7 heteroatoms. The number of aromatic amines is 1. The molecule has 2 aliphatic rings. The molecule has 1 aliphatic carbocycles. The van der Waals surface area contributed by atoms with Crippen LogP contribution in [-0.2, 0) is 13.0 Å². The molecule has 2 N–H and O–H groups in total. The van der Waals surface area contributed by atoms with Gasteiger partial charge in [-0.2, -0.15) is 0 Å². The Morgan fingerprint density at radius 1 is 1.52 bits per heavy atom. The molecule has 3 heterocycles. The molecule has 4 rings (SSSR count). The Morgan fingerprint density at radius 3 is 3.17 bits per heavy atom. The van der Waals surface area contributed by atoms with Gasteiger partial charge in [0.2, 0.25) is 5.58 Å². The molecule has 0 radical (unpaired) electrons. The standard InChI is InChI=1S/C16H19BrN4O2/c1-18-10-4-5-21(7-10)8-13-19-14-11-6-9(17)2-3-12(11)23-15(14)16(22)20-13/h6,10,18H,2-5,7-8H2,1H3,(H,19,20,22). The molecule has 1 atom stereocenters. The second-order valence-corrected chi connectivity index (χ2v) is 7.25. The lowest BCUT2D eigenvalue weighted by atomic mass is 10.1. The van der Waals surface area contributed by atoms with Gasteiger partial charge in [0.25, 0.3) is 5.56 Å². The van der Waals surface area contributed by atoms with Crippen LogP contribution in [0.25, 0.3) is 17.2 Å². The van der Waals surface area contributed by atoms with E-state index in [0.717, 1.165) is 48.2 Å². The molecule has 2 aromatic heterocycles. The largest absolute Gasteiger partial charge is 0.453 e. The first-order chi connectivity index (χ1) is 11.1. The van der Waals surface area contributed by atoms with Gasteiger partial charge in [-0.15, -0.1) is 0 Å². The van der Waals surface area contributed by atoms with Gasteiger partial charge in [-0.3, -0.25) is 9.69 Å². The number of rotatable bonds is 3. The van der Waals surface area contributed by atoms with Crippen molar-refractivity contribution in [3.63, 3.8) is 0 Å². The minimum Gasteiger partial charge on any atom is -0.453 e. The maximum absolute atomic E-state index is 12.3. The molecule has 1 fully saturated rings. The van der Waals surface area contributed by atoms with Crippen molar-refractivity contribution in [2.24, 2.45) is 0 Å². The van der Waals surface area contributed by atoms with Crippen molar-refractivity contribution in [2.45, 2.75) is 31.8 Å². The Hall–Kier alpha value is -1.44. The van der Waals surface area contributed by atoms with Crippen molar-refractivity contribution in [2.75, 3.05) is 20.1 Å². The molecule has 0 spiro atoms. The fraction of sp³-hybridized carbons (Fsp3) is 0.500. The summed E-state index contributed by atoms with van der Waals surface area (Å²) in [6.45, 7) is 2.66. The van der Waals surface area contributed by atoms with Crippen molar-refractivity contribution in [1.29, 1.82) is 0 Å². The van der Waals surface area contributed by atoms with Crippen molar-refractivity contribution in [1.82, 2.24) is 20.2 Å². The number of H-pyrrole nitrogens is 1. The van der Waals surface area contributed by atoms with Gasteiger partial charge in [0, 0.05) is 31.1 Å². The van der Waals surface area contributed by atoms with Gasteiger partial charge in [-0.05, 0) is 30.4 Å². The Labute approximate surface area is 142 Å². The molecule has 0 amide bonds. The molecular formula is C16H19BrN4O2. The number of furan rings is 1. The van der Waals surface area contributed by atoms with E-state index in [1.165, 1.54) is 0 Å². The molecule has 2 aromatic rings. The quantitative estimate of drug-likeness (QED) is 0.854. The predicted molar refractivity (Wildman–Crippen MR) is 92.6 cm³/mol. The lowest BCUT2D eigenvalue weighted by molar-refractivity contribution is 0.314. The monoisotopic (exact) mass is 378 g/mol. The molecule has 0 saturated carbocycles. The number of halogens is 1. The summed E-state index contributed by atoms with van der Waals surface area (Å²) in [5.41, 5.74) is 1.78. The zero-order valence-electron chi connectivity index (χ0n) is 13.0. The van der Waals surface area contributed by atoms with E-state index in [1.807, 2.05) is 13.1 Å². The van der Waals surface area contributed by atoms with Gasteiger partial charge < -0.3 is 14.7 Å². The van der Waals surface area contributed by atoms with E-state index in [1.54, 1.807) is 0 Å². The normalized spacial score (nSPS) is 21.7. The van der Waals surface area contributed by atoms with Crippen LogP contribution >= 0.6 is 15.9 Å². The zero-order valence-corrected chi connectivity index (χ0v) is 14.6. The third-order valence-electron chi connectivity index (χ3n) is 4.65. The number of likely N-dealkylation sites (N-methyl/N-ethyl adjacent to an activating group) is 1. The molecule has 1 aliphatic heterocycles. The van der Waals surface area contributed by atoms with E-state index >= 15 is 0 Å². The molecule has 1 saturated heterocycles. The second-order valence-electron chi connectivity index (χ2n) is 6.23. The maximum atomic E-state index is 12.3. The third-order valence-corrected chi connectivity index (χ3v) is 5.28. The van der Waals surface area contributed by atoms with Crippen LogP contribution in [0.5, 0.6) is 0 Å². The van der Waals surface area contributed by atoms with E-state index in [4.69, 9.17) is 4.42 Å². The molecule has 0 bridgehead atoms. The van der Waals surface area contributed by atoms with Crippen LogP contribution in [0.1, 0.15) is 30.0 Å². The average Bonchev–Trinajstić information content (AvgIpc) is 3.12. The highest BCUT2D eigenvalue weighted by Crippen LogP contribution is 2.32. The summed E-state index contributed by atoms with van der Waals surface area (Å²) in [7, 11) is 1.99. The average molecular weight is 379 g/mol. The van der Waals surface area contributed by atoms with Crippen molar-refractivity contribution in [3.8, 4) is 0 Å². The highest BCUT2D eigenvalue weighted by atomic mass is 79.9. The summed E-state index contributed by atoms with van der Waals surface area (Å²) in [6, 6.07) is 0.519. The number of allylic oxidation sites excluding steroid dienone is 1. The van der Waals surface area contributed by atoms with Gasteiger partial charge in [0.1, 0.15) is 17.1 Å². The molecule has 122 valence electrons. The van der Waals surface area contributed by atoms with Crippen LogP contribution in [0.4, 0.5) is 0 Å². The fourth-order valence-corrected chi connectivity index (χ4v) is 3.82. The first-order valence-electron chi connectivity index (χ1n) is 7.94. The highest BCUT2D eigenvalue weighted by molar-refractivity contribution is 9.11. The molecule has 6 nitrogen and oxygen atoms in total. The number of aromatic nitrogens is 2. The van der Waals surface area contributed by atoms with Gasteiger partial charge in [-0.1, -0.05) is 15.9 Å². The van der Waals surface area contributed by atoms with E-state index in [0.29, 0.717) is 29.5 Å². The predicted octanol–water partition coefficient (Wildman–Crippen LogP) is 1.99. The Bertz CT molecular complexity index is 838.